The molecule has 1 N–H and O–H groups in total. The Morgan fingerprint density at radius 2 is 1.68 bits per heavy atom. The molecule has 1 aliphatic rings. The Hall–Kier alpha value is -3.27. The van der Waals surface area contributed by atoms with Crippen LogP contribution in [0.2, 0.25) is 0 Å². The monoisotopic (exact) mass is 372 g/mol. The van der Waals surface area contributed by atoms with Crippen molar-refractivity contribution in [2.75, 3.05) is 23.3 Å². The number of aryl methyl sites for hydroxylation is 1. The molecule has 0 bridgehead atoms. The highest BCUT2D eigenvalue weighted by molar-refractivity contribution is 5.97. The summed E-state index contributed by atoms with van der Waals surface area (Å²) in [5, 5.41) is 3.23. The number of ether oxygens (including phenoxy) is 1. The van der Waals surface area contributed by atoms with Crippen molar-refractivity contribution >= 4 is 17.3 Å². The molecule has 0 aromatic heterocycles. The molecule has 4 nitrogen and oxygen atoms in total. The molecule has 28 heavy (non-hydrogen) atoms. The fraction of sp³-hybridized carbons (Fsp3) is 0.208. The Bertz CT molecular complexity index is 923. The number of rotatable bonds is 6. The van der Waals surface area contributed by atoms with Gasteiger partial charge in [-0.15, -0.1) is 0 Å². The Morgan fingerprint density at radius 3 is 2.50 bits per heavy atom. The van der Waals surface area contributed by atoms with Crippen molar-refractivity contribution in [1.29, 1.82) is 0 Å². The topological polar surface area (TPSA) is 41.6 Å². The lowest BCUT2D eigenvalue weighted by molar-refractivity contribution is -0.117. The van der Waals surface area contributed by atoms with Gasteiger partial charge in [-0.1, -0.05) is 48.5 Å². The predicted octanol–water partition coefficient (Wildman–Crippen LogP) is 4.66. The van der Waals surface area contributed by atoms with Crippen LogP contribution in [0, 0.1) is 0 Å². The molecular weight excluding hydrogens is 348 g/mol. The second-order valence-corrected chi connectivity index (χ2v) is 6.93. The van der Waals surface area contributed by atoms with E-state index in [0.29, 0.717) is 6.61 Å². The minimum atomic E-state index is 0.0940. The summed E-state index contributed by atoms with van der Waals surface area (Å²) in [6, 6.07) is 26.0. The van der Waals surface area contributed by atoms with Gasteiger partial charge in [-0.3, -0.25) is 4.79 Å². The lowest BCUT2D eigenvalue weighted by Gasteiger charge is -2.29. The van der Waals surface area contributed by atoms with Crippen molar-refractivity contribution in [3.8, 4) is 5.75 Å². The average molecular weight is 372 g/mol. The second-order valence-electron chi connectivity index (χ2n) is 6.93. The van der Waals surface area contributed by atoms with E-state index in [1.807, 2.05) is 77.7 Å². The Kier molecular flexibility index (Phi) is 5.57. The van der Waals surface area contributed by atoms with Crippen LogP contribution in [0.3, 0.4) is 0 Å². The molecule has 0 unspecified atom stereocenters. The molecule has 142 valence electrons. The summed E-state index contributed by atoms with van der Waals surface area (Å²) in [7, 11) is 0. The van der Waals surface area contributed by atoms with E-state index >= 15 is 0 Å². The summed E-state index contributed by atoms with van der Waals surface area (Å²) in [5.41, 5.74) is 4.34. The van der Waals surface area contributed by atoms with E-state index in [1.165, 1.54) is 5.56 Å². The van der Waals surface area contributed by atoms with Crippen LogP contribution in [-0.4, -0.2) is 19.0 Å². The Morgan fingerprint density at radius 1 is 0.929 bits per heavy atom. The Labute approximate surface area is 165 Å². The molecule has 0 atom stereocenters. The highest BCUT2D eigenvalue weighted by Gasteiger charge is 2.21. The predicted molar refractivity (Wildman–Crippen MR) is 113 cm³/mol. The third kappa shape index (κ3) is 4.34. The maximum atomic E-state index is 12.7. The molecule has 3 aromatic rings. The Balaban J connectivity index is 1.31. The molecule has 0 radical (unpaired) electrons. The molecule has 4 heteroatoms. The normalized spacial score (nSPS) is 12.9. The van der Waals surface area contributed by atoms with Gasteiger partial charge in [-0.25, -0.2) is 0 Å². The van der Waals surface area contributed by atoms with Gasteiger partial charge in [0.1, 0.15) is 12.4 Å². The lowest BCUT2D eigenvalue weighted by Crippen LogP contribution is -2.39. The quantitative estimate of drug-likeness (QED) is 0.684. The molecule has 0 aliphatic carbocycles. The van der Waals surface area contributed by atoms with E-state index < -0.39 is 0 Å². The first kappa shape index (κ1) is 18.1. The summed E-state index contributed by atoms with van der Waals surface area (Å²) >= 11 is 0. The zero-order valence-electron chi connectivity index (χ0n) is 15.8. The van der Waals surface area contributed by atoms with E-state index in [-0.39, 0.29) is 12.5 Å². The fourth-order valence-electron chi connectivity index (χ4n) is 3.48. The van der Waals surface area contributed by atoms with E-state index in [9.17, 15) is 4.79 Å². The van der Waals surface area contributed by atoms with Gasteiger partial charge >= 0.3 is 0 Å². The molecule has 0 spiro atoms. The van der Waals surface area contributed by atoms with E-state index in [1.54, 1.807) is 0 Å². The minimum absolute atomic E-state index is 0.0940. The molecular formula is C24H24N2O2. The number of hydrogen-bond donors (Lipinski definition) is 1. The number of nitrogens with one attached hydrogen (secondary N) is 1. The van der Waals surface area contributed by atoms with E-state index in [4.69, 9.17) is 4.74 Å². The highest BCUT2D eigenvalue weighted by Crippen LogP contribution is 2.26. The molecule has 0 saturated heterocycles. The van der Waals surface area contributed by atoms with Crippen molar-refractivity contribution in [1.82, 2.24) is 0 Å². The van der Waals surface area contributed by atoms with Crippen LogP contribution in [0.5, 0.6) is 5.75 Å². The summed E-state index contributed by atoms with van der Waals surface area (Å²) < 4.78 is 5.80. The number of hydrogen-bond acceptors (Lipinski definition) is 3. The third-order valence-corrected chi connectivity index (χ3v) is 4.96. The number of anilines is 2. The number of para-hydroxylation sites is 1. The highest BCUT2D eigenvalue weighted by atomic mass is 16.5. The van der Waals surface area contributed by atoms with Crippen LogP contribution in [-0.2, 0) is 17.8 Å². The number of carbonyl (C=O) groups is 1. The largest absolute Gasteiger partial charge is 0.489 e. The number of carbonyl (C=O) groups excluding carboxylic acids is 1. The number of fused-ring (bicyclic) bond motifs is 1. The van der Waals surface area contributed by atoms with Gasteiger partial charge in [0.2, 0.25) is 5.91 Å². The van der Waals surface area contributed by atoms with Gasteiger partial charge in [0.25, 0.3) is 0 Å². The van der Waals surface area contributed by atoms with Crippen molar-refractivity contribution in [3.05, 3.63) is 90.0 Å². The standard InChI is InChI=1S/C24H24N2O2/c27-24(26-16-6-10-20-9-4-5-11-23(20)26)17-25-21-12-14-22(15-13-21)28-18-19-7-2-1-3-8-19/h1-5,7-9,11-15,25H,6,10,16-18H2. The van der Waals surface area contributed by atoms with Gasteiger partial charge in [-0.05, 0) is 54.3 Å². The fourth-order valence-corrected chi connectivity index (χ4v) is 3.48. The summed E-state index contributed by atoms with van der Waals surface area (Å²) in [5.74, 6) is 0.905. The van der Waals surface area contributed by atoms with Crippen molar-refractivity contribution in [2.45, 2.75) is 19.4 Å². The first-order valence-corrected chi connectivity index (χ1v) is 9.68. The molecule has 1 aliphatic heterocycles. The first-order valence-electron chi connectivity index (χ1n) is 9.68. The van der Waals surface area contributed by atoms with Crippen LogP contribution in [0.1, 0.15) is 17.5 Å². The summed E-state index contributed by atoms with van der Waals surface area (Å²) in [6.07, 6.45) is 2.05. The van der Waals surface area contributed by atoms with Gasteiger partial charge in [-0.2, -0.15) is 0 Å². The van der Waals surface area contributed by atoms with Crippen LogP contribution >= 0.6 is 0 Å². The van der Waals surface area contributed by atoms with Gasteiger partial charge < -0.3 is 15.0 Å². The minimum Gasteiger partial charge on any atom is -0.489 e. The van der Waals surface area contributed by atoms with Crippen molar-refractivity contribution in [2.24, 2.45) is 0 Å². The van der Waals surface area contributed by atoms with Gasteiger partial charge in [0, 0.05) is 17.9 Å². The van der Waals surface area contributed by atoms with Crippen LogP contribution < -0.4 is 15.0 Å². The zero-order chi connectivity index (χ0) is 19.2. The number of nitrogens with zero attached hydrogens (tertiary/aromatic N) is 1. The smallest absolute Gasteiger partial charge is 0.246 e. The number of benzene rings is 3. The lowest BCUT2D eigenvalue weighted by atomic mass is 10.0. The maximum absolute atomic E-state index is 12.7. The summed E-state index contributed by atoms with van der Waals surface area (Å²) in [4.78, 5) is 14.6. The van der Waals surface area contributed by atoms with E-state index in [0.717, 1.165) is 42.1 Å². The third-order valence-electron chi connectivity index (χ3n) is 4.96. The second kappa shape index (κ2) is 8.61. The first-order chi connectivity index (χ1) is 13.8. The van der Waals surface area contributed by atoms with Crippen molar-refractivity contribution < 1.29 is 9.53 Å². The molecule has 0 saturated carbocycles. The molecule has 3 aromatic carbocycles. The van der Waals surface area contributed by atoms with Gasteiger partial charge in [0.15, 0.2) is 0 Å². The summed E-state index contributed by atoms with van der Waals surface area (Å²) in [6.45, 7) is 1.60. The molecule has 1 amide bonds. The van der Waals surface area contributed by atoms with Crippen LogP contribution in [0.15, 0.2) is 78.9 Å². The zero-order valence-corrected chi connectivity index (χ0v) is 15.8. The number of amides is 1. The average Bonchev–Trinajstić information content (AvgIpc) is 2.77. The SMILES string of the molecule is O=C(CNc1ccc(OCc2ccccc2)cc1)N1CCCc2ccccc21. The molecule has 4 rings (SSSR count). The van der Waals surface area contributed by atoms with Crippen LogP contribution in [0.4, 0.5) is 11.4 Å². The van der Waals surface area contributed by atoms with Crippen LogP contribution in [0.25, 0.3) is 0 Å². The molecule has 1 heterocycles. The van der Waals surface area contributed by atoms with E-state index in [2.05, 4.69) is 11.4 Å². The molecule has 0 fully saturated rings. The maximum Gasteiger partial charge on any atom is 0.246 e. The van der Waals surface area contributed by atoms with Gasteiger partial charge in [0.05, 0.1) is 6.54 Å². The van der Waals surface area contributed by atoms with Crippen molar-refractivity contribution in [3.63, 3.8) is 0 Å².